The summed E-state index contributed by atoms with van der Waals surface area (Å²) >= 11 is 0. The van der Waals surface area contributed by atoms with Crippen LogP contribution in [0.4, 0.5) is 4.79 Å². The molecular formula is C13H25N3O5. The van der Waals surface area contributed by atoms with Crippen molar-refractivity contribution in [1.82, 2.24) is 15.1 Å². The van der Waals surface area contributed by atoms with Gasteiger partial charge in [-0.3, -0.25) is 4.79 Å². The summed E-state index contributed by atoms with van der Waals surface area (Å²) in [6.45, 7) is 1.36. The Morgan fingerprint density at radius 3 is 2.29 bits per heavy atom. The number of nitrogens with zero attached hydrogens (tertiary/aromatic N) is 2. The minimum atomic E-state index is -1.17. The first kappa shape index (κ1) is 19.2. The van der Waals surface area contributed by atoms with Crippen LogP contribution >= 0.6 is 0 Å². The van der Waals surface area contributed by atoms with Gasteiger partial charge in [-0.1, -0.05) is 0 Å². The average Bonchev–Trinajstić information content (AvgIpc) is 2.41. The van der Waals surface area contributed by atoms with Crippen molar-refractivity contribution in [1.29, 1.82) is 0 Å². The molecule has 0 aromatic carbocycles. The van der Waals surface area contributed by atoms with E-state index in [1.54, 1.807) is 7.05 Å². The highest BCUT2D eigenvalue weighted by atomic mass is 16.5. The van der Waals surface area contributed by atoms with Crippen molar-refractivity contribution in [3.8, 4) is 0 Å². The Kier molecular flexibility index (Phi) is 9.11. The SMILES string of the molecule is COC(=O)CC[C@H](NC(=O)N(C)CCCN(C)C)C(=O)O. The number of aliphatic carboxylic acids is 1. The smallest absolute Gasteiger partial charge is 0.326 e. The van der Waals surface area contributed by atoms with E-state index in [2.05, 4.69) is 10.1 Å². The fourth-order valence-corrected chi connectivity index (χ4v) is 1.61. The lowest BCUT2D eigenvalue weighted by atomic mass is 10.1. The van der Waals surface area contributed by atoms with E-state index in [0.29, 0.717) is 6.54 Å². The zero-order valence-electron chi connectivity index (χ0n) is 13.1. The number of methoxy groups -OCH3 is 1. The molecule has 122 valence electrons. The predicted octanol–water partition coefficient (Wildman–Crippen LogP) is -0.0141. The molecule has 1 atom stereocenters. The Bertz CT molecular complexity index is 360. The molecule has 0 aliphatic rings. The third kappa shape index (κ3) is 8.85. The Labute approximate surface area is 125 Å². The second-order valence-electron chi connectivity index (χ2n) is 5.03. The number of nitrogens with one attached hydrogen (secondary N) is 1. The van der Waals surface area contributed by atoms with E-state index in [9.17, 15) is 14.4 Å². The van der Waals surface area contributed by atoms with Crippen molar-refractivity contribution in [2.45, 2.75) is 25.3 Å². The molecule has 0 rings (SSSR count). The maximum atomic E-state index is 11.9. The number of urea groups is 1. The van der Waals surface area contributed by atoms with Crippen LogP contribution in [0.2, 0.25) is 0 Å². The van der Waals surface area contributed by atoms with Crippen molar-refractivity contribution in [3.05, 3.63) is 0 Å². The monoisotopic (exact) mass is 303 g/mol. The van der Waals surface area contributed by atoms with Crippen molar-refractivity contribution in [2.75, 3.05) is 41.3 Å². The molecule has 8 heteroatoms. The van der Waals surface area contributed by atoms with E-state index in [-0.39, 0.29) is 12.8 Å². The molecule has 0 spiro atoms. The normalized spacial score (nSPS) is 11.9. The minimum Gasteiger partial charge on any atom is -0.480 e. The van der Waals surface area contributed by atoms with Gasteiger partial charge in [0.15, 0.2) is 0 Å². The Hall–Kier alpha value is -1.83. The van der Waals surface area contributed by atoms with E-state index in [1.165, 1.54) is 12.0 Å². The topological polar surface area (TPSA) is 99.2 Å². The summed E-state index contributed by atoms with van der Waals surface area (Å²) in [5, 5.41) is 11.4. The molecule has 8 nitrogen and oxygen atoms in total. The standard InChI is InChI=1S/C13H25N3O5/c1-15(2)8-5-9-16(3)13(20)14-10(12(18)19)6-7-11(17)21-4/h10H,5-9H2,1-4H3,(H,14,20)(H,18,19)/t10-/m0/s1. The van der Waals surface area contributed by atoms with Gasteiger partial charge in [0.2, 0.25) is 0 Å². The van der Waals surface area contributed by atoms with Gasteiger partial charge < -0.3 is 25.0 Å². The van der Waals surface area contributed by atoms with Crippen LogP contribution in [-0.2, 0) is 14.3 Å². The van der Waals surface area contributed by atoms with Gasteiger partial charge in [0.25, 0.3) is 0 Å². The van der Waals surface area contributed by atoms with Gasteiger partial charge in [-0.25, -0.2) is 9.59 Å². The number of amides is 2. The summed E-state index contributed by atoms with van der Waals surface area (Å²) in [5.74, 6) is -1.68. The lowest BCUT2D eigenvalue weighted by Gasteiger charge is -2.22. The largest absolute Gasteiger partial charge is 0.480 e. The zero-order chi connectivity index (χ0) is 16.4. The molecule has 0 saturated carbocycles. The fourth-order valence-electron chi connectivity index (χ4n) is 1.61. The van der Waals surface area contributed by atoms with Gasteiger partial charge in [0.05, 0.1) is 7.11 Å². The summed E-state index contributed by atoms with van der Waals surface area (Å²) < 4.78 is 4.45. The Morgan fingerprint density at radius 1 is 1.19 bits per heavy atom. The predicted molar refractivity (Wildman–Crippen MR) is 77.0 cm³/mol. The van der Waals surface area contributed by atoms with Crippen LogP contribution in [0.3, 0.4) is 0 Å². The highest BCUT2D eigenvalue weighted by Crippen LogP contribution is 2.01. The third-order valence-electron chi connectivity index (χ3n) is 2.91. The molecule has 0 aromatic heterocycles. The summed E-state index contributed by atoms with van der Waals surface area (Å²) in [6, 6.07) is -1.57. The van der Waals surface area contributed by atoms with Gasteiger partial charge in [0, 0.05) is 20.0 Å². The number of carboxylic acids is 1. The first-order valence-corrected chi connectivity index (χ1v) is 6.74. The highest BCUT2D eigenvalue weighted by Gasteiger charge is 2.22. The van der Waals surface area contributed by atoms with E-state index in [0.717, 1.165) is 13.0 Å². The van der Waals surface area contributed by atoms with Gasteiger partial charge in [0.1, 0.15) is 6.04 Å². The minimum absolute atomic E-state index is 0.000710. The average molecular weight is 303 g/mol. The number of hydrogen-bond acceptors (Lipinski definition) is 5. The lowest BCUT2D eigenvalue weighted by Crippen LogP contribution is -2.47. The summed E-state index contributed by atoms with van der Waals surface area (Å²) in [4.78, 5) is 37.4. The van der Waals surface area contributed by atoms with Crippen LogP contribution in [0, 0.1) is 0 Å². The second-order valence-corrected chi connectivity index (χ2v) is 5.03. The number of carbonyl (C=O) groups is 3. The number of ether oxygens (including phenoxy) is 1. The molecule has 0 heterocycles. The van der Waals surface area contributed by atoms with Crippen molar-refractivity contribution >= 4 is 18.0 Å². The van der Waals surface area contributed by atoms with Crippen LogP contribution in [0.1, 0.15) is 19.3 Å². The van der Waals surface area contributed by atoms with Crippen LogP contribution in [0.15, 0.2) is 0 Å². The third-order valence-corrected chi connectivity index (χ3v) is 2.91. The maximum Gasteiger partial charge on any atom is 0.326 e. The van der Waals surface area contributed by atoms with E-state index in [1.807, 2.05) is 19.0 Å². The van der Waals surface area contributed by atoms with Crippen molar-refractivity contribution in [2.24, 2.45) is 0 Å². The number of carboxylic acid groups (broad SMARTS) is 1. The molecule has 2 amide bonds. The first-order chi connectivity index (χ1) is 9.77. The van der Waals surface area contributed by atoms with Gasteiger partial charge in [-0.05, 0) is 33.5 Å². The molecule has 2 N–H and O–H groups in total. The van der Waals surface area contributed by atoms with Crippen molar-refractivity contribution in [3.63, 3.8) is 0 Å². The number of esters is 1. The quantitative estimate of drug-likeness (QED) is 0.581. The molecule has 0 radical (unpaired) electrons. The number of rotatable bonds is 9. The highest BCUT2D eigenvalue weighted by molar-refractivity contribution is 5.83. The molecule has 0 saturated heterocycles. The van der Waals surface area contributed by atoms with Crippen LogP contribution in [0.25, 0.3) is 0 Å². The van der Waals surface area contributed by atoms with Crippen LogP contribution in [-0.4, -0.2) is 80.3 Å². The fraction of sp³-hybridized carbons (Fsp3) is 0.769. The Balaban J connectivity index is 4.26. The number of carbonyl (C=O) groups excluding carboxylic acids is 2. The zero-order valence-corrected chi connectivity index (χ0v) is 13.1. The molecular weight excluding hydrogens is 278 g/mol. The maximum absolute atomic E-state index is 11.9. The van der Waals surface area contributed by atoms with E-state index < -0.39 is 24.0 Å². The molecule has 21 heavy (non-hydrogen) atoms. The van der Waals surface area contributed by atoms with E-state index >= 15 is 0 Å². The first-order valence-electron chi connectivity index (χ1n) is 6.74. The van der Waals surface area contributed by atoms with Crippen LogP contribution < -0.4 is 5.32 Å². The summed E-state index contributed by atoms with van der Waals surface area (Å²) in [5.41, 5.74) is 0. The molecule has 0 bridgehead atoms. The second kappa shape index (κ2) is 9.98. The molecule has 0 aromatic rings. The van der Waals surface area contributed by atoms with E-state index in [4.69, 9.17) is 5.11 Å². The Morgan fingerprint density at radius 2 is 1.81 bits per heavy atom. The summed E-state index contributed by atoms with van der Waals surface area (Å²) in [7, 11) is 6.71. The molecule has 0 aliphatic heterocycles. The lowest BCUT2D eigenvalue weighted by molar-refractivity contribution is -0.142. The molecule has 0 fully saturated rings. The summed E-state index contributed by atoms with van der Waals surface area (Å²) in [6.07, 6.45) is 0.730. The van der Waals surface area contributed by atoms with Gasteiger partial charge >= 0.3 is 18.0 Å². The molecule has 0 unspecified atom stereocenters. The number of hydrogen-bond donors (Lipinski definition) is 2. The van der Waals surface area contributed by atoms with Crippen molar-refractivity contribution < 1.29 is 24.2 Å². The molecule has 0 aliphatic carbocycles. The van der Waals surface area contributed by atoms with Gasteiger partial charge in [-0.15, -0.1) is 0 Å². The van der Waals surface area contributed by atoms with Crippen LogP contribution in [0.5, 0.6) is 0 Å². The van der Waals surface area contributed by atoms with Gasteiger partial charge in [-0.2, -0.15) is 0 Å².